The van der Waals surface area contributed by atoms with Crippen LogP contribution in [0.3, 0.4) is 0 Å². The molecule has 0 heterocycles. The largest absolute Gasteiger partial charge is 0.478 e. The summed E-state index contributed by atoms with van der Waals surface area (Å²) in [6, 6.07) is 8.12. The Balaban J connectivity index is 3.05. The molecule has 0 bridgehead atoms. The summed E-state index contributed by atoms with van der Waals surface area (Å²) in [6.07, 6.45) is 1.30. The van der Waals surface area contributed by atoms with E-state index in [1.807, 2.05) is 26.0 Å². The van der Waals surface area contributed by atoms with E-state index in [1.165, 1.54) is 11.8 Å². The minimum Gasteiger partial charge on any atom is -0.478 e. The molecule has 0 aliphatic heterocycles. The van der Waals surface area contributed by atoms with Gasteiger partial charge in [-0.2, -0.15) is 0 Å². The number of nitrogens with zero attached hydrogens (tertiary/aromatic N) is 1. The van der Waals surface area contributed by atoms with Crippen LogP contribution in [0.15, 0.2) is 30.3 Å². The molecule has 1 aromatic carbocycles. The van der Waals surface area contributed by atoms with E-state index in [-0.39, 0.29) is 5.92 Å². The van der Waals surface area contributed by atoms with Crippen LogP contribution >= 0.6 is 0 Å². The van der Waals surface area contributed by atoms with Crippen molar-refractivity contribution in [2.75, 3.05) is 18.0 Å². The third-order valence-electron chi connectivity index (χ3n) is 3.23. The minimum atomic E-state index is -0.892. The fourth-order valence-corrected chi connectivity index (χ4v) is 2.17. The standard InChI is InChI=1S/C16H23NO2/c1-5-17(6-2)14-9-7-13(8-10-14)15(12(3)4)11-16(18)19/h7-12H,5-6H2,1-4H3,(H,18,19)/b15-11+. The number of carboxylic acids is 1. The molecule has 1 rings (SSSR count). The maximum atomic E-state index is 10.9. The minimum absolute atomic E-state index is 0.190. The van der Waals surface area contributed by atoms with Crippen molar-refractivity contribution >= 4 is 17.2 Å². The van der Waals surface area contributed by atoms with Gasteiger partial charge in [0.25, 0.3) is 0 Å². The maximum Gasteiger partial charge on any atom is 0.328 e. The second-order valence-corrected chi connectivity index (χ2v) is 4.81. The van der Waals surface area contributed by atoms with Crippen molar-refractivity contribution in [3.05, 3.63) is 35.9 Å². The molecule has 1 aromatic rings. The number of hydrogen-bond donors (Lipinski definition) is 1. The molecule has 0 spiro atoms. The van der Waals surface area contributed by atoms with Crippen molar-refractivity contribution in [2.24, 2.45) is 5.92 Å². The first kappa shape index (κ1) is 15.3. The molecule has 0 atom stereocenters. The van der Waals surface area contributed by atoms with E-state index in [4.69, 9.17) is 5.11 Å². The summed E-state index contributed by atoms with van der Waals surface area (Å²) in [4.78, 5) is 13.1. The van der Waals surface area contributed by atoms with Crippen molar-refractivity contribution in [3.8, 4) is 0 Å². The lowest BCUT2D eigenvalue weighted by molar-refractivity contribution is -0.131. The molecule has 3 nitrogen and oxygen atoms in total. The van der Waals surface area contributed by atoms with E-state index in [0.717, 1.165) is 24.2 Å². The predicted octanol–water partition coefficient (Wildman–Crippen LogP) is 3.66. The van der Waals surface area contributed by atoms with E-state index < -0.39 is 5.97 Å². The normalized spacial score (nSPS) is 11.7. The van der Waals surface area contributed by atoms with Gasteiger partial charge in [-0.25, -0.2) is 4.79 Å². The van der Waals surface area contributed by atoms with E-state index in [1.54, 1.807) is 0 Å². The highest BCUT2D eigenvalue weighted by Gasteiger charge is 2.09. The topological polar surface area (TPSA) is 40.5 Å². The highest BCUT2D eigenvalue weighted by Crippen LogP contribution is 2.25. The number of carbonyl (C=O) groups is 1. The van der Waals surface area contributed by atoms with Crippen LogP contribution in [0, 0.1) is 5.92 Å². The lowest BCUT2D eigenvalue weighted by Gasteiger charge is -2.21. The second kappa shape index (κ2) is 6.98. The Morgan fingerprint density at radius 3 is 2.11 bits per heavy atom. The number of anilines is 1. The molecule has 19 heavy (non-hydrogen) atoms. The third-order valence-corrected chi connectivity index (χ3v) is 3.23. The maximum absolute atomic E-state index is 10.9. The van der Waals surface area contributed by atoms with Gasteiger partial charge in [-0.1, -0.05) is 26.0 Å². The summed E-state index contributed by atoms with van der Waals surface area (Å²) in [5.41, 5.74) is 3.01. The van der Waals surface area contributed by atoms with Crippen molar-refractivity contribution in [3.63, 3.8) is 0 Å². The molecule has 0 aromatic heterocycles. The fraction of sp³-hybridized carbons (Fsp3) is 0.438. The van der Waals surface area contributed by atoms with Crippen LogP contribution in [0.5, 0.6) is 0 Å². The average molecular weight is 261 g/mol. The summed E-state index contributed by atoms with van der Waals surface area (Å²) in [5, 5.41) is 8.93. The van der Waals surface area contributed by atoms with E-state index in [2.05, 4.69) is 30.9 Å². The number of aliphatic carboxylic acids is 1. The Labute approximate surface area is 115 Å². The first-order chi connectivity index (χ1) is 8.99. The molecule has 0 unspecified atom stereocenters. The second-order valence-electron chi connectivity index (χ2n) is 4.81. The van der Waals surface area contributed by atoms with Crippen LogP contribution in [-0.2, 0) is 4.79 Å². The van der Waals surface area contributed by atoms with Crippen molar-refractivity contribution < 1.29 is 9.90 Å². The Kier molecular flexibility index (Phi) is 5.61. The Hall–Kier alpha value is -1.77. The van der Waals surface area contributed by atoms with E-state index in [0.29, 0.717) is 0 Å². The lowest BCUT2D eigenvalue weighted by atomic mass is 9.95. The van der Waals surface area contributed by atoms with Crippen LogP contribution in [0.1, 0.15) is 33.3 Å². The zero-order valence-electron chi connectivity index (χ0n) is 12.2. The van der Waals surface area contributed by atoms with Gasteiger partial charge in [-0.15, -0.1) is 0 Å². The van der Waals surface area contributed by atoms with Gasteiger partial charge < -0.3 is 10.0 Å². The highest BCUT2D eigenvalue weighted by molar-refractivity contribution is 5.90. The first-order valence-corrected chi connectivity index (χ1v) is 6.79. The van der Waals surface area contributed by atoms with Crippen LogP contribution in [0.2, 0.25) is 0 Å². The van der Waals surface area contributed by atoms with Gasteiger partial charge in [-0.3, -0.25) is 0 Å². The zero-order chi connectivity index (χ0) is 14.4. The summed E-state index contributed by atoms with van der Waals surface area (Å²) >= 11 is 0. The number of benzene rings is 1. The quantitative estimate of drug-likeness (QED) is 0.794. The van der Waals surface area contributed by atoms with Gasteiger partial charge in [0.1, 0.15) is 0 Å². The molecule has 0 amide bonds. The molecular formula is C16H23NO2. The smallest absolute Gasteiger partial charge is 0.328 e. The lowest BCUT2D eigenvalue weighted by Crippen LogP contribution is -2.21. The van der Waals surface area contributed by atoms with Gasteiger partial charge in [0.05, 0.1) is 0 Å². The Bertz CT molecular complexity index is 442. The fourth-order valence-electron chi connectivity index (χ4n) is 2.17. The summed E-state index contributed by atoms with van der Waals surface area (Å²) in [6.45, 7) is 10.2. The van der Waals surface area contributed by atoms with Gasteiger partial charge in [0.2, 0.25) is 0 Å². The third kappa shape index (κ3) is 4.12. The SMILES string of the molecule is CCN(CC)c1ccc(/C(=C/C(=O)O)C(C)C)cc1. The molecule has 104 valence electrons. The van der Waals surface area contributed by atoms with E-state index in [9.17, 15) is 4.79 Å². The molecule has 0 fully saturated rings. The number of allylic oxidation sites excluding steroid dienone is 1. The zero-order valence-corrected chi connectivity index (χ0v) is 12.2. The molecule has 0 saturated heterocycles. The number of hydrogen-bond acceptors (Lipinski definition) is 2. The molecule has 0 aliphatic carbocycles. The van der Waals surface area contributed by atoms with Crippen LogP contribution in [-0.4, -0.2) is 24.2 Å². The van der Waals surface area contributed by atoms with Gasteiger partial charge in [0.15, 0.2) is 0 Å². The first-order valence-electron chi connectivity index (χ1n) is 6.79. The molecule has 0 radical (unpaired) electrons. The number of carboxylic acid groups (broad SMARTS) is 1. The summed E-state index contributed by atoms with van der Waals surface area (Å²) in [7, 11) is 0. The van der Waals surface area contributed by atoms with Gasteiger partial charge >= 0.3 is 5.97 Å². The van der Waals surface area contributed by atoms with Crippen LogP contribution in [0.4, 0.5) is 5.69 Å². The van der Waals surface area contributed by atoms with Crippen molar-refractivity contribution in [1.82, 2.24) is 0 Å². The van der Waals surface area contributed by atoms with Crippen molar-refractivity contribution in [2.45, 2.75) is 27.7 Å². The van der Waals surface area contributed by atoms with Crippen molar-refractivity contribution in [1.29, 1.82) is 0 Å². The molecule has 0 aliphatic rings. The molecule has 0 saturated carbocycles. The number of rotatable bonds is 6. The van der Waals surface area contributed by atoms with Crippen LogP contribution < -0.4 is 4.90 Å². The molecule has 3 heteroatoms. The predicted molar refractivity (Wildman–Crippen MR) is 80.5 cm³/mol. The van der Waals surface area contributed by atoms with Gasteiger partial charge in [0, 0.05) is 24.9 Å². The van der Waals surface area contributed by atoms with Gasteiger partial charge in [-0.05, 0) is 43.0 Å². The Morgan fingerprint density at radius 2 is 1.74 bits per heavy atom. The highest BCUT2D eigenvalue weighted by atomic mass is 16.4. The Morgan fingerprint density at radius 1 is 1.21 bits per heavy atom. The van der Waals surface area contributed by atoms with E-state index >= 15 is 0 Å². The average Bonchev–Trinajstić information content (AvgIpc) is 2.38. The van der Waals surface area contributed by atoms with Crippen LogP contribution in [0.25, 0.3) is 5.57 Å². The summed E-state index contributed by atoms with van der Waals surface area (Å²) in [5.74, 6) is -0.702. The molecular weight excluding hydrogens is 238 g/mol. The summed E-state index contributed by atoms with van der Waals surface area (Å²) < 4.78 is 0. The monoisotopic (exact) mass is 261 g/mol. The molecule has 1 N–H and O–H groups in total.